The van der Waals surface area contributed by atoms with Gasteiger partial charge in [0.1, 0.15) is 0 Å². The first kappa shape index (κ1) is 13.6. The number of benzene rings is 1. The fraction of sp³-hybridized carbons (Fsp3) is 0.562. The average Bonchev–Trinajstić information content (AvgIpc) is 2.96. The topological polar surface area (TPSA) is 50.4 Å². The van der Waals surface area contributed by atoms with Crippen LogP contribution in [-0.4, -0.2) is 25.2 Å². The Bertz CT molecular complexity index is 501. The molecule has 108 valence electrons. The second-order valence-electron chi connectivity index (χ2n) is 5.57. The largest absolute Gasteiger partial charge is 0.377 e. The van der Waals surface area contributed by atoms with Crippen LogP contribution in [0.1, 0.15) is 30.9 Å². The molecule has 4 heteroatoms. The third-order valence-electron chi connectivity index (χ3n) is 4.35. The first-order valence-corrected chi connectivity index (χ1v) is 7.53. The summed E-state index contributed by atoms with van der Waals surface area (Å²) in [6.45, 7) is 4.62. The van der Waals surface area contributed by atoms with E-state index in [0.717, 1.165) is 38.0 Å². The van der Waals surface area contributed by atoms with Crippen LogP contribution < -0.4 is 10.6 Å². The maximum atomic E-state index is 12.5. The van der Waals surface area contributed by atoms with Crippen molar-refractivity contribution in [2.75, 3.05) is 18.5 Å². The van der Waals surface area contributed by atoms with E-state index in [1.54, 1.807) is 0 Å². The van der Waals surface area contributed by atoms with Crippen molar-refractivity contribution in [3.63, 3.8) is 0 Å². The van der Waals surface area contributed by atoms with Gasteiger partial charge in [0.05, 0.1) is 12.0 Å². The average molecular weight is 274 g/mol. The molecular weight excluding hydrogens is 252 g/mol. The van der Waals surface area contributed by atoms with Crippen molar-refractivity contribution in [2.45, 2.75) is 38.8 Å². The van der Waals surface area contributed by atoms with Gasteiger partial charge < -0.3 is 15.4 Å². The van der Waals surface area contributed by atoms with Crippen LogP contribution in [0, 0.1) is 5.92 Å². The number of fused-ring (bicyclic) bond motifs is 1. The van der Waals surface area contributed by atoms with Crippen molar-refractivity contribution in [1.29, 1.82) is 0 Å². The highest BCUT2D eigenvalue weighted by Crippen LogP contribution is 2.27. The molecule has 0 aliphatic carbocycles. The SMILES string of the molecule is CCC1OCCC1C(=O)Nc1cccc2c1CNCC2. The summed E-state index contributed by atoms with van der Waals surface area (Å²) >= 11 is 0. The molecule has 0 bridgehead atoms. The molecule has 2 unspecified atom stereocenters. The third-order valence-corrected chi connectivity index (χ3v) is 4.35. The van der Waals surface area contributed by atoms with Crippen LogP contribution in [0.15, 0.2) is 18.2 Å². The van der Waals surface area contributed by atoms with Gasteiger partial charge in [-0.05, 0) is 43.0 Å². The molecular formula is C16H22N2O2. The minimum absolute atomic E-state index is 0.00703. The maximum absolute atomic E-state index is 12.5. The van der Waals surface area contributed by atoms with Crippen LogP contribution in [0.25, 0.3) is 0 Å². The van der Waals surface area contributed by atoms with Gasteiger partial charge in [-0.3, -0.25) is 4.79 Å². The van der Waals surface area contributed by atoms with E-state index in [1.807, 2.05) is 12.1 Å². The molecule has 1 fully saturated rings. The number of carbonyl (C=O) groups excluding carboxylic acids is 1. The quantitative estimate of drug-likeness (QED) is 0.887. The Morgan fingerprint density at radius 2 is 2.40 bits per heavy atom. The van der Waals surface area contributed by atoms with Crippen LogP contribution in [0.2, 0.25) is 0 Å². The lowest BCUT2D eigenvalue weighted by Gasteiger charge is -2.22. The number of rotatable bonds is 3. The molecule has 2 atom stereocenters. The lowest BCUT2D eigenvalue weighted by atomic mass is 9.96. The maximum Gasteiger partial charge on any atom is 0.230 e. The molecule has 2 N–H and O–H groups in total. The van der Waals surface area contributed by atoms with Gasteiger partial charge in [0.2, 0.25) is 5.91 Å². The predicted octanol–water partition coefficient (Wildman–Crippen LogP) is 2.09. The molecule has 0 aromatic heterocycles. The van der Waals surface area contributed by atoms with E-state index < -0.39 is 0 Å². The monoisotopic (exact) mass is 274 g/mol. The summed E-state index contributed by atoms with van der Waals surface area (Å²) in [6.07, 6.45) is 2.83. The van der Waals surface area contributed by atoms with Crippen LogP contribution in [0.3, 0.4) is 0 Å². The molecule has 0 radical (unpaired) electrons. The molecule has 2 aliphatic heterocycles. The predicted molar refractivity (Wildman–Crippen MR) is 78.6 cm³/mol. The first-order chi connectivity index (χ1) is 9.79. The van der Waals surface area contributed by atoms with Gasteiger partial charge in [0, 0.05) is 18.8 Å². The molecule has 1 aromatic carbocycles. The van der Waals surface area contributed by atoms with E-state index in [9.17, 15) is 4.79 Å². The van der Waals surface area contributed by atoms with Gasteiger partial charge in [-0.1, -0.05) is 19.1 Å². The van der Waals surface area contributed by atoms with Crippen molar-refractivity contribution >= 4 is 11.6 Å². The summed E-state index contributed by atoms with van der Waals surface area (Å²) in [5, 5.41) is 6.49. The Kier molecular flexibility index (Phi) is 4.03. The van der Waals surface area contributed by atoms with Crippen molar-refractivity contribution < 1.29 is 9.53 Å². The molecule has 2 heterocycles. The molecule has 0 spiro atoms. The summed E-state index contributed by atoms with van der Waals surface area (Å²) in [7, 11) is 0. The molecule has 1 saturated heterocycles. The normalized spacial score (nSPS) is 25.2. The van der Waals surface area contributed by atoms with Crippen LogP contribution in [-0.2, 0) is 22.5 Å². The lowest BCUT2D eigenvalue weighted by molar-refractivity contribution is -0.121. The Morgan fingerprint density at radius 3 is 3.25 bits per heavy atom. The zero-order valence-electron chi connectivity index (χ0n) is 11.9. The minimum atomic E-state index is -0.00703. The second-order valence-corrected chi connectivity index (χ2v) is 5.57. The van der Waals surface area contributed by atoms with E-state index >= 15 is 0 Å². The van der Waals surface area contributed by atoms with Gasteiger partial charge in [-0.15, -0.1) is 0 Å². The molecule has 4 nitrogen and oxygen atoms in total. The summed E-state index contributed by atoms with van der Waals surface area (Å²) in [6, 6.07) is 6.18. The molecule has 20 heavy (non-hydrogen) atoms. The van der Waals surface area contributed by atoms with E-state index in [-0.39, 0.29) is 17.9 Å². The minimum Gasteiger partial charge on any atom is -0.377 e. The summed E-state index contributed by atoms with van der Waals surface area (Å²) in [4.78, 5) is 12.5. The lowest BCUT2D eigenvalue weighted by Crippen LogP contribution is -2.31. The zero-order chi connectivity index (χ0) is 13.9. The summed E-state index contributed by atoms with van der Waals surface area (Å²) in [5.74, 6) is 0.0979. The van der Waals surface area contributed by atoms with Crippen LogP contribution in [0.4, 0.5) is 5.69 Å². The second kappa shape index (κ2) is 5.94. The van der Waals surface area contributed by atoms with Crippen LogP contribution in [0.5, 0.6) is 0 Å². The third kappa shape index (κ3) is 2.58. The van der Waals surface area contributed by atoms with Gasteiger partial charge in [-0.25, -0.2) is 0 Å². The summed E-state index contributed by atoms with van der Waals surface area (Å²) in [5.41, 5.74) is 3.54. The molecule has 2 aliphatic rings. The van der Waals surface area contributed by atoms with E-state index in [4.69, 9.17) is 4.74 Å². The van der Waals surface area contributed by atoms with E-state index in [0.29, 0.717) is 6.61 Å². The van der Waals surface area contributed by atoms with Crippen molar-refractivity contribution in [1.82, 2.24) is 5.32 Å². The Hall–Kier alpha value is -1.39. The number of ether oxygens (including phenoxy) is 1. The zero-order valence-corrected chi connectivity index (χ0v) is 11.9. The Labute approximate surface area is 119 Å². The van der Waals surface area contributed by atoms with Crippen molar-refractivity contribution in [2.24, 2.45) is 5.92 Å². The fourth-order valence-electron chi connectivity index (χ4n) is 3.21. The van der Waals surface area contributed by atoms with E-state index in [2.05, 4.69) is 23.6 Å². The number of hydrogen-bond acceptors (Lipinski definition) is 3. The van der Waals surface area contributed by atoms with Crippen molar-refractivity contribution in [3.8, 4) is 0 Å². The Balaban J connectivity index is 1.76. The number of hydrogen-bond donors (Lipinski definition) is 2. The van der Waals surface area contributed by atoms with Gasteiger partial charge in [0.25, 0.3) is 0 Å². The number of carbonyl (C=O) groups is 1. The standard InChI is InChI=1S/C16H22N2O2/c1-2-15-12(7-9-20-15)16(19)18-14-5-3-4-11-6-8-17-10-13(11)14/h3-5,12,15,17H,2,6-10H2,1H3,(H,18,19). The van der Waals surface area contributed by atoms with Gasteiger partial charge >= 0.3 is 0 Å². The molecule has 1 amide bonds. The molecule has 0 saturated carbocycles. The smallest absolute Gasteiger partial charge is 0.230 e. The van der Waals surface area contributed by atoms with Crippen molar-refractivity contribution in [3.05, 3.63) is 29.3 Å². The first-order valence-electron chi connectivity index (χ1n) is 7.53. The summed E-state index contributed by atoms with van der Waals surface area (Å²) < 4.78 is 5.61. The van der Waals surface area contributed by atoms with Crippen LogP contribution >= 0.6 is 0 Å². The number of anilines is 1. The number of amides is 1. The highest BCUT2D eigenvalue weighted by Gasteiger charge is 2.33. The number of nitrogens with one attached hydrogen (secondary N) is 2. The highest BCUT2D eigenvalue weighted by molar-refractivity contribution is 5.94. The highest BCUT2D eigenvalue weighted by atomic mass is 16.5. The Morgan fingerprint density at radius 1 is 1.50 bits per heavy atom. The van der Waals surface area contributed by atoms with Gasteiger partial charge in [0.15, 0.2) is 0 Å². The fourth-order valence-corrected chi connectivity index (χ4v) is 3.21. The van der Waals surface area contributed by atoms with Gasteiger partial charge in [-0.2, -0.15) is 0 Å². The molecule has 1 aromatic rings. The van der Waals surface area contributed by atoms with E-state index in [1.165, 1.54) is 11.1 Å². The molecule has 3 rings (SSSR count).